The van der Waals surface area contributed by atoms with Crippen LogP contribution in [0.1, 0.15) is 42.2 Å². The van der Waals surface area contributed by atoms with Gasteiger partial charge in [0.25, 0.3) is 0 Å². The van der Waals surface area contributed by atoms with Crippen LogP contribution in [0.4, 0.5) is 5.69 Å². The molecule has 1 saturated heterocycles. The van der Waals surface area contributed by atoms with Gasteiger partial charge in [-0.15, -0.1) is 11.3 Å². The summed E-state index contributed by atoms with van der Waals surface area (Å²) in [5.74, 6) is 4.36. The highest BCUT2D eigenvalue weighted by Gasteiger charge is 2.39. The van der Waals surface area contributed by atoms with Crippen LogP contribution in [0.2, 0.25) is 5.02 Å². The molecule has 32 heavy (non-hydrogen) atoms. The highest BCUT2D eigenvalue weighted by atomic mass is 35.5. The Labute approximate surface area is 196 Å². The molecule has 0 unspecified atom stereocenters. The van der Waals surface area contributed by atoms with E-state index in [2.05, 4.69) is 11.8 Å². The first kappa shape index (κ1) is 24.3. The number of anilines is 1. The van der Waals surface area contributed by atoms with Crippen molar-refractivity contribution in [2.24, 2.45) is 5.41 Å². The summed E-state index contributed by atoms with van der Waals surface area (Å²) in [6, 6.07) is 6.85. The molecule has 1 aromatic heterocycles. The maximum Gasteiger partial charge on any atom is 0.348 e. The molecule has 2 heterocycles. The minimum Gasteiger partial charge on any atom is -0.477 e. The number of nitrogens with zero attached hydrogens (tertiary/aromatic N) is 2. The van der Waals surface area contributed by atoms with Crippen molar-refractivity contribution in [3.8, 4) is 11.8 Å². The number of carboxylic acid groups (broad SMARTS) is 1. The van der Waals surface area contributed by atoms with E-state index in [9.17, 15) is 23.1 Å². The van der Waals surface area contributed by atoms with E-state index in [0.29, 0.717) is 4.88 Å². The van der Waals surface area contributed by atoms with Crippen LogP contribution in [-0.4, -0.2) is 48.8 Å². The van der Waals surface area contributed by atoms with Crippen molar-refractivity contribution in [1.82, 2.24) is 4.31 Å². The fraction of sp³-hybridized carbons (Fsp3) is 0.364. The minimum absolute atomic E-state index is 0.0000470. The number of hydrogen-bond donors (Lipinski definition) is 1. The molecule has 1 aliphatic heterocycles. The van der Waals surface area contributed by atoms with Crippen LogP contribution in [0.15, 0.2) is 35.2 Å². The van der Waals surface area contributed by atoms with Gasteiger partial charge in [-0.2, -0.15) is 4.31 Å². The highest BCUT2D eigenvalue weighted by molar-refractivity contribution is 7.89. The number of hydrogen-bond acceptors (Lipinski definition) is 5. The van der Waals surface area contributed by atoms with Crippen LogP contribution < -0.4 is 4.90 Å². The number of carbonyl (C=O) groups excluding carboxylic acids is 1. The number of thiophene rings is 1. The molecule has 10 heteroatoms. The third-order valence-corrected chi connectivity index (χ3v) is 7.72. The van der Waals surface area contributed by atoms with Crippen LogP contribution in [0.25, 0.3) is 0 Å². The molecule has 0 spiro atoms. The Morgan fingerprint density at radius 1 is 1.28 bits per heavy atom. The molecule has 1 aromatic carbocycles. The van der Waals surface area contributed by atoms with Gasteiger partial charge in [0.05, 0.1) is 22.0 Å². The van der Waals surface area contributed by atoms with E-state index in [-0.39, 0.29) is 32.4 Å². The van der Waals surface area contributed by atoms with Crippen molar-refractivity contribution in [1.29, 1.82) is 0 Å². The largest absolute Gasteiger partial charge is 0.477 e. The molecule has 0 saturated carbocycles. The number of rotatable bonds is 4. The first-order valence-electron chi connectivity index (χ1n) is 9.77. The standard InChI is InChI=1S/C22H23ClN2O5S2/c1-14-12-24(32(29,30)17-7-5-6-15(23)10-17)13-19(26)25(14)18-11-16(8-9-22(2,3)4)31-20(18)21(27)28/h5-7,10-11,14H,12-13H2,1-4H3,(H,27,28)/t14-/m1/s1. The van der Waals surface area contributed by atoms with E-state index in [4.69, 9.17) is 11.6 Å². The Morgan fingerprint density at radius 3 is 2.53 bits per heavy atom. The van der Waals surface area contributed by atoms with Gasteiger partial charge in [0.1, 0.15) is 4.88 Å². The van der Waals surface area contributed by atoms with Gasteiger partial charge in [0, 0.05) is 23.0 Å². The molecule has 1 fully saturated rings. The molecule has 3 rings (SSSR count). The first-order valence-corrected chi connectivity index (χ1v) is 12.4. The molecule has 0 radical (unpaired) electrons. The third kappa shape index (κ3) is 5.15. The van der Waals surface area contributed by atoms with Gasteiger partial charge in [-0.3, -0.25) is 4.79 Å². The lowest BCUT2D eigenvalue weighted by Gasteiger charge is -2.38. The molecular formula is C22H23ClN2O5S2. The Balaban J connectivity index is 1.94. The van der Waals surface area contributed by atoms with E-state index >= 15 is 0 Å². The Kier molecular flexibility index (Phi) is 6.72. The summed E-state index contributed by atoms with van der Waals surface area (Å²) in [6.45, 7) is 7.12. The molecule has 0 aliphatic carbocycles. The molecule has 0 bridgehead atoms. The van der Waals surface area contributed by atoms with Crippen LogP contribution in [0.3, 0.4) is 0 Å². The average molecular weight is 495 g/mol. The maximum absolute atomic E-state index is 13.0. The van der Waals surface area contributed by atoms with Crippen LogP contribution >= 0.6 is 22.9 Å². The van der Waals surface area contributed by atoms with Crippen molar-refractivity contribution in [2.45, 2.75) is 38.6 Å². The fourth-order valence-corrected chi connectivity index (χ4v) is 5.88. The van der Waals surface area contributed by atoms with Gasteiger partial charge in [0.2, 0.25) is 15.9 Å². The van der Waals surface area contributed by atoms with Crippen molar-refractivity contribution in [2.75, 3.05) is 18.0 Å². The van der Waals surface area contributed by atoms with Gasteiger partial charge in [-0.25, -0.2) is 13.2 Å². The summed E-state index contributed by atoms with van der Waals surface area (Å²) in [4.78, 5) is 26.7. The molecule has 7 nitrogen and oxygen atoms in total. The molecule has 1 aliphatic rings. The second-order valence-corrected chi connectivity index (χ2v) is 11.9. The van der Waals surface area contributed by atoms with Gasteiger partial charge < -0.3 is 10.0 Å². The molecule has 1 atom stereocenters. The van der Waals surface area contributed by atoms with Crippen molar-refractivity contribution < 1.29 is 23.1 Å². The van der Waals surface area contributed by atoms with E-state index in [1.165, 1.54) is 23.1 Å². The number of piperazine rings is 1. The molecule has 1 amide bonds. The van der Waals surface area contributed by atoms with Crippen LogP contribution in [-0.2, 0) is 14.8 Å². The van der Waals surface area contributed by atoms with E-state index in [1.807, 2.05) is 20.8 Å². The summed E-state index contributed by atoms with van der Waals surface area (Å²) in [5, 5.41) is 9.95. The fourth-order valence-electron chi connectivity index (χ4n) is 3.27. The Morgan fingerprint density at radius 2 is 1.97 bits per heavy atom. The monoisotopic (exact) mass is 494 g/mol. The quantitative estimate of drug-likeness (QED) is 0.650. The van der Waals surface area contributed by atoms with E-state index in [1.54, 1.807) is 19.1 Å². The third-order valence-electron chi connectivity index (χ3n) is 4.65. The van der Waals surface area contributed by atoms with Crippen molar-refractivity contribution in [3.05, 3.63) is 45.1 Å². The Hall–Kier alpha value is -2.38. The van der Waals surface area contributed by atoms with Gasteiger partial charge in [-0.05, 0) is 52.0 Å². The minimum atomic E-state index is -3.94. The van der Waals surface area contributed by atoms with Crippen LogP contribution in [0.5, 0.6) is 0 Å². The maximum atomic E-state index is 13.0. The topological polar surface area (TPSA) is 95.0 Å². The molecular weight excluding hydrogens is 472 g/mol. The highest BCUT2D eigenvalue weighted by Crippen LogP contribution is 2.34. The predicted octanol–water partition coefficient (Wildman–Crippen LogP) is 3.92. The van der Waals surface area contributed by atoms with Gasteiger partial charge in [-0.1, -0.05) is 29.5 Å². The summed E-state index contributed by atoms with van der Waals surface area (Å²) >= 11 is 6.93. The molecule has 170 valence electrons. The normalized spacial score (nSPS) is 17.7. The number of aromatic carboxylic acids is 1. The number of halogens is 1. The first-order chi connectivity index (χ1) is 14.8. The smallest absolute Gasteiger partial charge is 0.348 e. The lowest BCUT2D eigenvalue weighted by Crippen LogP contribution is -2.57. The lowest BCUT2D eigenvalue weighted by molar-refractivity contribution is -0.120. The molecule has 1 N–H and O–H groups in total. The van der Waals surface area contributed by atoms with Crippen molar-refractivity contribution in [3.63, 3.8) is 0 Å². The number of carboxylic acids is 1. The zero-order valence-corrected chi connectivity index (χ0v) is 20.4. The van der Waals surface area contributed by atoms with Gasteiger partial charge in [0.15, 0.2) is 0 Å². The summed E-state index contributed by atoms with van der Waals surface area (Å²) in [6.07, 6.45) is 0. The summed E-state index contributed by atoms with van der Waals surface area (Å²) < 4.78 is 27.1. The predicted molar refractivity (Wildman–Crippen MR) is 125 cm³/mol. The molecule has 2 aromatic rings. The number of sulfonamides is 1. The van der Waals surface area contributed by atoms with Gasteiger partial charge >= 0.3 is 5.97 Å². The van der Waals surface area contributed by atoms with E-state index < -0.39 is 34.5 Å². The van der Waals surface area contributed by atoms with Crippen molar-refractivity contribution >= 4 is 50.5 Å². The average Bonchev–Trinajstić information content (AvgIpc) is 3.09. The second-order valence-electron chi connectivity index (χ2n) is 8.50. The number of benzene rings is 1. The summed E-state index contributed by atoms with van der Waals surface area (Å²) in [5.41, 5.74) is -0.0326. The number of carbonyl (C=O) groups is 2. The Bertz CT molecular complexity index is 1230. The summed E-state index contributed by atoms with van der Waals surface area (Å²) in [7, 11) is -3.94. The second kappa shape index (κ2) is 8.87. The zero-order chi connectivity index (χ0) is 23.8. The van der Waals surface area contributed by atoms with Crippen LogP contribution in [0, 0.1) is 17.3 Å². The van der Waals surface area contributed by atoms with E-state index in [0.717, 1.165) is 15.6 Å². The SMILES string of the molecule is C[C@@H]1CN(S(=O)(=O)c2cccc(Cl)c2)CC(=O)N1c1cc(C#CC(C)(C)C)sc1C(=O)O. The lowest BCUT2D eigenvalue weighted by atomic mass is 9.98. The number of amides is 1. The zero-order valence-electron chi connectivity index (χ0n) is 18.0.